The van der Waals surface area contributed by atoms with Gasteiger partial charge in [-0.15, -0.1) is 0 Å². The number of hydrogen-bond donors (Lipinski definition) is 2. The first-order chi connectivity index (χ1) is 13.2. The van der Waals surface area contributed by atoms with Crippen molar-refractivity contribution in [2.75, 3.05) is 11.4 Å². The fourth-order valence-corrected chi connectivity index (χ4v) is 3.12. The van der Waals surface area contributed by atoms with E-state index >= 15 is 0 Å². The molecule has 2 N–H and O–H groups in total. The monoisotopic (exact) mass is 382 g/mol. The van der Waals surface area contributed by atoms with Crippen molar-refractivity contribution < 1.29 is 19.4 Å². The number of aliphatic hydroxyl groups is 1. The van der Waals surface area contributed by atoms with Gasteiger partial charge in [-0.2, -0.15) is 0 Å². The van der Waals surface area contributed by atoms with Crippen LogP contribution in [0, 0.1) is 0 Å². The second-order valence-corrected chi connectivity index (χ2v) is 8.02. The molecule has 0 aromatic heterocycles. The zero-order valence-corrected chi connectivity index (χ0v) is 16.4. The summed E-state index contributed by atoms with van der Waals surface area (Å²) in [4.78, 5) is 26.1. The first-order valence-corrected chi connectivity index (χ1v) is 9.35. The number of alkyl carbamates (subject to hydrolysis) is 1. The number of rotatable bonds is 4. The zero-order valence-electron chi connectivity index (χ0n) is 16.4. The average Bonchev–Trinajstić information content (AvgIpc) is 2.95. The molecule has 28 heavy (non-hydrogen) atoms. The summed E-state index contributed by atoms with van der Waals surface area (Å²) in [6, 6.07) is 16.9. The second-order valence-electron chi connectivity index (χ2n) is 8.02. The molecule has 1 aliphatic rings. The van der Waals surface area contributed by atoms with Gasteiger partial charge in [-0.1, -0.05) is 63.2 Å². The van der Waals surface area contributed by atoms with E-state index in [4.69, 9.17) is 4.74 Å². The molecule has 148 valence electrons. The average molecular weight is 382 g/mol. The smallest absolute Gasteiger partial charge is 0.407 e. The molecule has 0 aliphatic carbocycles. The predicted molar refractivity (Wildman–Crippen MR) is 107 cm³/mol. The third-order valence-corrected chi connectivity index (χ3v) is 4.84. The summed E-state index contributed by atoms with van der Waals surface area (Å²) in [7, 11) is 0. The van der Waals surface area contributed by atoms with Crippen LogP contribution in [0.4, 0.5) is 10.5 Å². The van der Waals surface area contributed by atoms with Crippen LogP contribution in [-0.4, -0.2) is 29.4 Å². The summed E-state index contributed by atoms with van der Waals surface area (Å²) in [5, 5.41) is 13.1. The number of carbonyl (C=O) groups excluding carboxylic acids is 2. The van der Waals surface area contributed by atoms with Crippen LogP contribution in [0.3, 0.4) is 0 Å². The maximum absolute atomic E-state index is 12.5. The molecule has 2 aromatic carbocycles. The highest BCUT2D eigenvalue weighted by Gasteiger charge is 2.49. The number of anilines is 1. The third-order valence-electron chi connectivity index (χ3n) is 4.84. The molecule has 0 spiro atoms. The Bertz CT molecular complexity index is 843. The SMILES string of the molecule is CC(C)(C)c1ccc(CNC(=O)O[C@@]2(O)CCN(c3ccccc3)C2=O)cc1. The van der Waals surface area contributed by atoms with Crippen molar-refractivity contribution in [3.8, 4) is 0 Å². The number of hydrogen-bond acceptors (Lipinski definition) is 4. The Morgan fingerprint density at radius 1 is 1.14 bits per heavy atom. The van der Waals surface area contributed by atoms with Crippen molar-refractivity contribution in [3.63, 3.8) is 0 Å². The minimum atomic E-state index is -2.14. The highest BCUT2D eigenvalue weighted by Crippen LogP contribution is 2.29. The molecule has 6 nitrogen and oxygen atoms in total. The fraction of sp³-hybridized carbons (Fsp3) is 0.364. The van der Waals surface area contributed by atoms with Crippen LogP contribution in [-0.2, 0) is 21.5 Å². The Hall–Kier alpha value is -2.86. The third kappa shape index (κ3) is 4.34. The normalized spacial score (nSPS) is 19.6. The summed E-state index contributed by atoms with van der Waals surface area (Å²) in [6.45, 7) is 6.93. The van der Waals surface area contributed by atoms with Gasteiger partial charge in [0.05, 0.1) is 0 Å². The van der Waals surface area contributed by atoms with Crippen molar-refractivity contribution in [1.82, 2.24) is 5.32 Å². The maximum atomic E-state index is 12.5. The molecule has 0 unspecified atom stereocenters. The van der Waals surface area contributed by atoms with Gasteiger partial charge >= 0.3 is 6.09 Å². The Morgan fingerprint density at radius 3 is 2.39 bits per heavy atom. The molecule has 1 aliphatic heterocycles. The lowest BCUT2D eigenvalue weighted by Crippen LogP contribution is -2.46. The highest BCUT2D eigenvalue weighted by atomic mass is 16.7. The Balaban J connectivity index is 1.57. The number of carbonyl (C=O) groups is 2. The van der Waals surface area contributed by atoms with E-state index in [1.807, 2.05) is 30.3 Å². The molecule has 1 fully saturated rings. The summed E-state index contributed by atoms with van der Waals surface area (Å²) < 4.78 is 5.08. The number of nitrogens with zero attached hydrogens (tertiary/aromatic N) is 1. The summed E-state index contributed by atoms with van der Waals surface area (Å²) in [5.41, 5.74) is 2.82. The summed E-state index contributed by atoms with van der Waals surface area (Å²) in [5.74, 6) is -2.78. The van der Waals surface area contributed by atoms with Crippen LogP contribution >= 0.6 is 0 Å². The van der Waals surface area contributed by atoms with Gasteiger partial charge in [-0.25, -0.2) is 4.79 Å². The van der Waals surface area contributed by atoms with Crippen LogP contribution < -0.4 is 10.2 Å². The van der Waals surface area contributed by atoms with E-state index in [2.05, 4.69) is 26.1 Å². The van der Waals surface area contributed by atoms with Crippen molar-refractivity contribution in [1.29, 1.82) is 0 Å². The maximum Gasteiger partial charge on any atom is 0.410 e. The van der Waals surface area contributed by atoms with Crippen molar-refractivity contribution >= 4 is 17.7 Å². The first-order valence-electron chi connectivity index (χ1n) is 9.35. The molecule has 0 radical (unpaired) electrons. The van der Waals surface area contributed by atoms with Crippen molar-refractivity contribution in [2.45, 2.75) is 44.9 Å². The molecule has 0 bridgehead atoms. The van der Waals surface area contributed by atoms with Gasteiger partial charge in [-0.05, 0) is 28.7 Å². The lowest BCUT2D eigenvalue weighted by Gasteiger charge is -2.22. The van der Waals surface area contributed by atoms with E-state index in [9.17, 15) is 14.7 Å². The second kappa shape index (κ2) is 7.64. The van der Waals surface area contributed by atoms with Crippen LogP contribution in [0.5, 0.6) is 0 Å². The molecular weight excluding hydrogens is 356 g/mol. The fourth-order valence-electron chi connectivity index (χ4n) is 3.12. The van der Waals surface area contributed by atoms with Gasteiger partial charge in [-0.3, -0.25) is 4.79 Å². The van der Waals surface area contributed by atoms with Crippen LogP contribution in [0.2, 0.25) is 0 Å². The number of amides is 2. The van der Waals surface area contributed by atoms with Gasteiger partial charge in [0.2, 0.25) is 0 Å². The van der Waals surface area contributed by atoms with Gasteiger partial charge in [0.15, 0.2) is 0 Å². The van der Waals surface area contributed by atoms with E-state index in [1.165, 1.54) is 10.5 Å². The van der Waals surface area contributed by atoms with E-state index in [0.29, 0.717) is 5.69 Å². The number of para-hydroxylation sites is 1. The minimum absolute atomic E-state index is 0.0222. The van der Waals surface area contributed by atoms with E-state index in [-0.39, 0.29) is 24.9 Å². The van der Waals surface area contributed by atoms with Gasteiger partial charge < -0.3 is 20.1 Å². The lowest BCUT2D eigenvalue weighted by molar-refractivity contribution is -0.175. The van der Waals surface area contributed by atoms with Crippen molar-refractivity contribution in [2.24, 2.45) is 0 Å². The van der Waals surface area contributed by atoms with E-state index in [0.717, 1.165) is 5.56 Å². The Labute approximate surface area is 165 Å². The molecule has 2 amide bonds. The highest BCUT2D eigenvalue weighted by molar-refractivity contribution is 6.01. The van der Waals surface area contributed by atoms with Crippen molar-refractivity contribution in [3.05, 3.63) is 65.7 Å². The van der Waals surface area contributed by atoms with Gasteiger partial charge in [0.1, 0.15) is 0 Å². The molecule has 1 heterocycles. The Kier molecular flexibility index (Phi) is 5.42. The standard InChI is InChI=1S/C22H26N2O4/c1-21(2,3)17-11-9-16(10-12-17)15-23-20(26)28-22(27)13-14-24(19(22)25)18-7-5-4-6-8-18/h4-12,27H,13-15H2,1-3H3,(H,23,26)/t22-/m0/s1. The quantitative estimate of drug-likeness (QED) is 0.795. The molecule has 3 rings (SSSR count). The zero-order chi connectivity index (χ0) is 20.4. The number of benzene rings is 2. The van der Waals surface area contributed by atoms with Crippen LogP contribution in [0.25, 0.3) is 0 Å². The molecule has 1 saturated heterocycles. The summed E-state index contributed by atoms with van der Waals surface area (Å²) in [6.07, 6.45) is -0.806. The van der Waals surface area contributed by atoms with Crippen LogP contribution in [0.1, 0.15) is 38.3 Å². The number of ether oxygens (including phenoxy) is 1. The molecule has 6 heteroatoms. The first kappa shape index (κ1) is 19.9. The van der Waals surface area contributed by atoms with Crippen LogP contribution in [0.15, 0.2) is 54.6 Å². The minimum Gasteiger partial charge on any atom is -0.407 e. The largest absolute Gasteiger partial charge is 0.410 e. The molecular formula is C22H26N2O4. The van der Waals surface area contributed by atoms with E-state index < -0.39 is 17.8 Å². The molecule has 1 atom stereocenters. The van der Waals surface area contributed by atoms with Gasteiger partial charge in [0.25, 0.3) is 11.7 Å². The lowest BCUT2D eigenvalue weighted by atomic mass is 9.87. The summed E-state index contributed by atoms with van der Waals surface area (Å²) >= 11 is 0. The van der Waals surface area contributed by atoms with Gasteiger partial charge in [0, 0.05) is 25.2 Å². The van der Waals surface area contributed by atoms with E-state index in [1.54, 1.807) is 24.3 Å². The number of nitrogens with one attached hydrogen (secondary N) is 1. The molecule has 0 saturated carbocycles. The topological polar surface area (TPSA) is 78.9 Å². The predicted octanol–water partition coefficient (Wildman–Crippen LogP) is 3.34. The Morgan fingerprint density at radius 2 is 1.79 bits per heavy atom. The molecule has 2 aromatic rings.